The van der Waals surface area contributed by atoms with Crippen molar-refractivity contribution in [2.75, 3.05) is 0 Å². The van der Waals surface area contributed by atoms with E-state index in [9.17, 15) is 0 Å². The summed E-state index contributed by atoms with van der Waals surface area (Å²) in [6.45, 7) is 13.6. The highest BCUT2D eigenvalue weighted by molar-refractivity contribution is 4.93. The molecule has 0 rings (SSSR count). The molecule has 3 heteroatoms. The first-order valence-corrected chi connectivity index (χ1v) is 9.97. The Bertz CT molecular complexity index is 349. The lowest BCUT2D eigenvalue weighted by Crippen LogP contribution is -2.36. The van der Waals surface area contributed by atoms with E-state index in [-0.39, 0.29) is 11.0 Å². The van der Waals surface area contributed by atoms with Gasteiger partial charge in [-0.05, 0) is 36.1 Å². The van der Waals surface area contributed by atoms with Gasteiger partial charge in [0, 0.05) is 10.5 Å². The molecule has 0 aromatic heterocycles. The average Bonchev–Trinajstić information content (AvgIpc) is 2.53. The van der Waals surface area contributed by atoms with E-state index < -0.39 is 0 Å². The van der Waals surface area contributed by atoms with Gasteiger partial charge in [0.2, 0.25) is 0 Å². The molecule has 3 unspecified atom stereocenters. The van der Waals surface area contributed by atoms with Crippen LogP contribution in [-0.4, -0.2) is 5.54 Å². The van der Waals surface area contributed by atoms with Crippen molar-refractivity contribution in [3.8, 4) is 0 Å². The van der Waals surface area contributed by atoms with Crippen molar-refractivity contribution in [1.29, 1.82) is 0 Å². The third-order valence-corrected chi connectivity index (χ3v) is 5.92. The van der Waals surface area contributed by atoms with Crippen LogP contribution in [0.2, 0.25) is 0 Å². The summed E-state index contributed by atoms with van der Waals surface area (Å²) in [4.78, 5) is 3.12. The third-order valence-electron chi connectivity index (χ3n) is 5.92. The van der Waals surface area contributed by atoms with Gasteiger partial charge in [0.15, 0.2) is 0 Å². The SMILES string of the molecule is CCCCCCCC(CCC)C(C)(CC)CC(C)(CC)N=[N+]=[N-]. The van der Waals surface area contributed by atoms with Crippen molar-refractivity contribution >= 4 is 0 Å². The minimum atomic E-state index is -0.242. The van der Waals surface area contributed by atoms with E-state index in [2.05, 4.69) is 51.6 Å². The van der Waals surface area contributed by atoms with Gasteiger partial charge in [-0.15, -0.1) is 0 Å². The van der Waals surface area contributed by atoms with Crippen LogP contribution in [-0.2, 0) is 0 Å². The van der Waals surface area contributed by atoms with Gasteiger partial charge in [-0.25, -0.2) is 0 Å². The zero-order valence-electron chi connectivity index (χ0n) is 16.7. The summed E-state index contributed by atoms with van der Waals surface area (Å²) in [7, 11) is 0. The number of rotatable bonds is 14. The highest BCUT2D eigenvalue weighted by Crippen LogP contribution is 2.45. The number of azide groups is 1. The molecule has 0 aliphatic rings. The zero-order valence-corrected chi connectivity index (χ0v) is 16.7. The van der Waals surface area contributed by atoms with Crippen molar-refractivity contribution in [3.63, 3.8) is 0 Å². The second-order valence-corrected chi connectivity index (χ2v) is 7.91. The summed E-state index contributed by atoms with van der Waals surface area (Å²) in [5, 5.41) is 4.15. The summed E-state index contributed by atoms with van der Waals surface area (Å²) in [5.41, 5.74) is 8.96. The summed E-state index contributed by atoms with van der Waals surface area (Å²) >= 11 is 0. The van der Waals surface area contributed by atoms with E-state index in [1.807, 2.05) is 0 Å². The lowest BCUT2D eigenvalue weighted by Gasteiger charge is -2.42. The molecule has 0 aliphatic heterocycles. The molecule has 0 aromatic carbocycles. The first-order chi connectivity index (χ1) is 10.9. The van der Waals surface area contributed by atoms with Crippen molar-refractivity contribution in [2.45, 2.75) is 118 Å². The fourth-order valence-electron chi connectivity index (χ4n) is 3.95. The molecule has 136 valence electrons. The van der Waals surface area contributed by atoms with Gasteiger partial charge in [-0.3, -0.25) is 0 Å². The molecule has 0 N–H and O–H groups in total. The molecule has 0 amide bonds. The predicted molar refractivity (Wildman–Crippen MR) is 103 cm³/mol. The standard InChI is InChI=1S/C20H41N3/c1-7-11-12-13-14-16-18(15-8-2)19(5,9-3)17-20(6,10-4)22-23-21/h18H,7-17H2,1-6H3. The van der Waals surface area contributed by atoms with Crippen LogP contribution in [0.1, 0.15) is 112 Å². The van der Waals surface area contributed by atoms with E-state index in [0.29, 0.717) is 0 Å². The van der Waals surface area contributed by atoms with E-state index >= 15 is 0 Å². The summed E-state index contributed by atoms with van der Waals surface area (Å²) in [6.07, 6.45) is 13.8. The number of unbranched alkanes of at least 4 members (excludes halogenated alkanes) is 4. The van der Waals surface area contributed by atoms with Crippen LogP contribution in [0.4, 0.5) is 0 Å². The monoisotopic (exact) mass is 323 g/mol. The van der Waals surface area contributed by atoms with Crippen molar-refractivity contribution in [2.24, 2.45) is 16.4 Å². The predicted octanol–water partition coefficient (Wildman–Crippen LogP) is 8.05. The summed E-state index contributed by atoms with van der Waals surface area (Å²) in [5.74, 6) is 0.749. The molecule has 0 fully saturated rings. The van der Waals surface area contributed by atoms with Crippen LogP contribution >= 0.6 is 0 Å². The Hall–Kier alpha value is -0.690. The van der Waals surface area contributed by atoms with Crippen LogP contribution in [0.3, 0.4) is 0 Å². The van der Waals surface area contributed by atoms with E-state index in [4.69, 9.17) is 5.53 Å². The third kappa shape index (κ3) is 8.11. The number of hydrogen-bond acceptors (Lipinski definition) is 1. The largest absolute Gasteiger partial charge is 0.0875 e. The minimum Gasteiger partial charge on any atom is -0.0875 e. The van der Waals surface area contributed by atoms with E-state index in [1.54, 1.807) is 0 Å². The molecule has 0 spiro atoms. The smallest absolute Gasteiger partial charge is 0.0462 e. The number of nitrogens with zero attached hydrogens (tertiary/aromatic N) is 3. The first-order valence-electron chi connectivity index (χ1n) is 9.97. The molecule has 3 atom stereocenters. The molecular weight excluding hydrogens is 282 g/mol. The molecule has 23 heavy (non-hydrogen) atoms. The van der Waals surface area contributed by atoms with Gasteiger partial charge in [0.1, 0.15) is 0 Å². The van der Waals surface area contributed by atoms with Crippen LogP contribution in [0.15, 0.2) is 5.11 Å². The van der Waals surface area contributed by atoms with Crippen molar-refractivity contribution in [3.05, 3.63) is 10.4 Å². The molecular formula is C20H41N3. The van der Waals surface area contributed by atoms with Crippen LogP contribution in [0.5, 0.6) is 0 Å². The van der Waals surface area contributed by atoms with Gasteiger partial charge in [0.25, 0.3) is 0 Å². The van der Waals surface area contributed by atoms with Gasteiger partial charge in [0.05, 0.1) is 0 Å². The second kappa shape index (κ2) is 11.8. The Morgan fingerprint density at radius 1 is 0.870 bits per heavy atom. The summed E-state index contributed by atoms with van der Waals surface area (Å²) < 4.78 is 0. The minimum absolute atomic E-state index is 0.242. The molecule has 0 saturated carbocycles. The van der Waals surface area contributed by atoms with Gasteiger partial charge in [-0.1, -0.05) is 98.0 Å². The molecule has 0 aromatic rings. The van der Waals surface area contributed by atoms with E-state index in [1.165, 1.54) is 57.8 Å². The van der Waals surface area contributed by atoms with Gasteiger partial charge >= 0.3 is 0 Å². The molecule has 0 radical (unpaired) electrons. The van der Waals surface area contributed by atoms with Gasteiger partial charge in [-0.2, -0.15) is 0 Å². The van der Waals surface area contributed by atoms with E-state index in [0.717, 1.165) is 18.8 Å². The quantitative estimate of drug-likeness (QED) is 0.134. The highest BCUT2D eigenvalue weighted by Gasteiger charge is 2.37. The topological polar surface area (TPSA) is 48.8 Å². The maximum absolute atomic E-state index is 8.93. The van der Waals surface area contributed by atoms with Crippen molar-refractivity contribution in [1.82, 2.24) is 0 Å². The molecule has 0 heterocycles. The lowest BCUT2D eigenvalue weighted by atomic mass is 9.64. The van der Waals surface area contributed by atoms with Crippen LogP contribution in [0, 0.1) is 11.3 Å². The average molecular weight is 324 g/mol. The Morgan fingerprint density at radius 2 is 1.52 bits per heavy atom. The first kappa shape index (κ1) is 22.3. The molecule has 3 nitrogen and oxygen atoms in total. The normalized spacial score (nSPS) is 17.8. The fourth-order valence-corrected chi connectivity index (χ4v) is 3.95. The molecule has 0 saturated heterocycles. The molecule has 0 aliphatic carbocycles. The Balaban J connectivity index is 4.93. The maximum Gasteiger partial charge on any atom is 0.0462 e. The highest BCUT2D eigenvalue weighted by atomic mass is 15.2. The van der Waals surface area contributed by atoms with Gasteiger partial charge < -0.3 is 0 Å². The molecule has 0 bridgehead atoms. The lowest BCUT2D eigenvalue weighted by molar-refractivity contribution is 0.102. The van der Waals surface area contributed by atoms with Crippen molar-refractivity contribution < 1.29 is 0 Å². The fraction of sp³-hybridized carbons (Fsp3) is 1.00. The number of hydrogen-bond donors (Lipinski definition) is 0. The second-order valence-electron chi connectivity index (χ2n) is 7.91. The van der Waals surface area contributed by atoms with Crippen LogP contribution in [0.25, 0.3) is 10.4 Å². The maximum atomic E-state index is 8.93. The Labute approximate surface area is 145 Å². The Kier molecular flexibility index (Phi) is 11.4. The zero-order chi connectivity index (χ0) is 17.8. The Morgan fingerprint density at radius 3 is 2.00 bits per heavy atom. The van der Waals surface area contributed by atoms with Crippen LogP contribution < -0.4 is 0 Å². The summed E-state index contributed by atoms with van der Waals surface area (Å²) in [6, 6.07) is 0.